The standard InChI is InChI=1S/C36H30Cl2N2O5/c1-3-23-9-17-29-34(42)40(39-31-18-12-25(37)19-30(31)38)35(43)36(29,24-10-13-26(44-2)14-11-24)33(23)28-16-15-27(20-32(28)41)45-21-22-7-5-4-6-8-22/h3-16,18-20,29,33,39,41H,1,17,21H2,2H3/t29-,33+,36+/m0/s1. The molecule has 1 saturated heterocycles. The first kappa shape index (κ1) is 30.3. The number of amides is 2. The molecule has 7 nitrogen and oxygen atoms in total. The molecule has 45 heavy (non-hydrogen) atoms. The molecular weight excluding hydrogens is 611 g/mol. The number of fused-ring (bicyclic) bond motifs is 1. The van der Waals surface area contributed by atoms with Crippen LogP contribution in [-0.4, -0.2) is 29.0 Å². The topological polar surface area (TPSA) is 88.1 Å². The number of anilines is 1. The van der Waals surface area contributed by atoms with Crippen LogP contribution in [0.1, 0.15) is 29.0 Å². The van der Waals surface area contributed by atoms with Crippen molar-refractivity contribution < 1.29 is 24.2 Å². The quantitative estimate of drug-likeness (QED) is 0.181. The van der Waals surface area contributed by atoms with Crippen molar-refractivity contribution >= 4 is 40.7 Å². The summed E-state index contributed by atoms with van der Waals surface area (Å²) in [5, 5.41) is 13.2. The van der Waals surface area contributed by atoms with E-state index >= 15 is 0 Å². The molecule has 4 aromatic rings. The number of nitrogens with one attached hydrogen (secondary N) is 1. The van der Waals surface area contributed by atoms with Crippen molar-refractivity contribution in [1.82, 2.24) is 5.01 Å². The molecule has 2 amide bonds. The third kappa shape index (κ3) is 5.32. The summed E-state index contributed by atoms with van der Waals surface area (Å²) in [6.45, 7) is 4.36. The number of aromatic hydroxyl groups is 1. The molecule has 3 atom stereocenters. The molecule has 6 rings (SSSR count). The van der Waals surface area contributed by atoms with Crippen LogP contribution < -0.4 is 14.9 Å². The minimum atomic E-state index is -1.45. The van der Waals surface area contributed by atoms with Crippen molar-refractivity contribution in [2.45, 2.75) is 24.4 Å². The van der Waals surface area contributed by atoms with E-state index in [4.69, 9.17) is 32.7 Å². The lowest BCUT2D eigenvalue weighted by molar-refractivity contribution is -0.138. The number of rotatable bonds is 9. The second-order valence-corrected chi connectivity index (χ2v) is 11.8. The number of phenols is 1. The van der Waals surface area contributed by atoms with E-state index in [1.807, 2.05) is 36.4 Å². The molecule has 0 saturated carbocycles. The Hall–Kier alpha value is -4.72. The van der Waals surface area contributed by atoms with Gasteiger partial charge in [-0.3, -0.25) is 15.0 Å². The molecule has 2 aliphatic rings. The zero-order valence-corrected chi connectivity index (χ0v) is 25.9. The molecule has 9 heteroatoms. The number of carbonyl (C=O) groups excluding carboxylic acids is 2. The fourth-order valence-corrected chi connectivity index (χ4v) is 6.87. The van der Waals surface area contributed by atoms with E-state index in [0.29, 0.717) is 45.5 Å². The Balaban J connectivity index is 1.47. The monoisotopic (exact) mass is 640 g/mol. The summed E-state index contributed by atoms with van der Waals surface area (Å²) in [5.41, 5.74) is 4.61. The number of ether oxygens (including phenoxy) is 2. The van der Waals surface area contributed by atoms with Crippen LogP contribution in [0.25, 0.3) is 0 Å². The van der Waals surface area contributed by atoms with Gasteiger partial charge in [0.25, 0.3) is 11.8 Å². The van der Waals surface area contributed by atoms with E-state index in [0.717, 1.165) is 10.6 Å². The van der Waals surface area contributed by atoms with Gasteiger partial charge < -0.3 is 14.6 Å². The number of hydrazine groups is 1. The summed E-state index contributed by atoms with van der Waals surface area (Å²) in [6.07, 6.45) is 3.86. The van der Waals surface area contributed by atoms with Crippen LogP contribution in [0.3, 0.4) is 0 Å². The molecule has 1 fully saturated rings. The largest absolute Gasteiger partial charge is 0.508 e. The third-order valence-electron chi connectivity index (χ3n) is 8.53. The molecule has 4 aromatic carbocycles. The number of hydrogen-bond acceptors (Lipinski definition) is 6. The highest BCUT2D eigenvalue weighted by Crippen LogP contribution is 2.59. The van der Waals surface area contributed by atoms with Gasteiger partial charge in [0.2, 0.25) is 0 Å². The van der Waals surface area contributed by atoms with E-state index in [9.17, 15) is 14.7 Å². The summed E-state index contributed by atoms with van der Waals surface area (Å²) in [5.74, 6) is -1.50. The maximum Gasteiger partial charge on any atom is 0.260 e. The van der Waals surface area contributed by atoms with Crippen LogP contribution in [0.5, 0.6) is 17.2 Å². The summed E-state index contributed by atoms with van der Waals surface area (Å²) >= 11 is 12.5. The van der Waals surface area contributed by atoms with Crippen molar-refractivity contribution in [2.75, 3.05) is 12.5 Å². The van der Waals surface area contributed by atoms with Gasteiger partial charge in [-0.2, -0.15) is 5.01 Å². The highest BCUT2D eigenvalue weighted by atomic mass is 35.5. The van der Waals surface area contributed by atoms with Crippen molar-refractivity contribution in [3.05, 3.63) is 142 Å². The average Bonchev–Trinajstić information content (AvgIpc) is 3.27. The van der Waals surface area contributed by atoms with Gasteiger partial charge in [-0.1, -0.05) is 90.5 Å². The average molecular weight is 642 g/mol. The summed E-state index contributed by atoms with van der Waals surface area (Å²) < 4.78 is 11.4. The third-order valence-corrected chi connectivity index (χ3v) is 9.08. The normalized spacial score (nSPS) is 20.8. The van der Waals surface area contributed by atoms with E-state index < -0.39 is 29.1 Å². The lowest BCUT2D eigenvalue weighted by atomic mass is 9.56. The van der Waals surface area contributed by atoms with Gasteiger partial charge in [0, 0.05) is 22.6 Å². The SMILES string of the molecule is C=CC1=CC[C@H]2C(=O)N(Nc3ccc(Cl)cc3Cl)C(=O)[C@@]2(c2ccc(OC)cc2)[C@H]1c1ccc(OCc2ccccc2)cc1O. The van der Waals surface area contributed by atoms with Gasteiger partial charge in [0.1, 0.15) is 23.9 Å². The molecule has 0 bridgehead atoms. The Morgan fingerprint density at radius 2 is 1.73 bits per heavy atom. The lowest BCUT2D eigenvalue weighted by Gasteiger charge is -2.43. The fraction of sp³-hybridized carbons (Fsp3) is 0.167. The van der Waals surface area contributed by atoms with Crippen LogP contribution in [0, 0.1) is 5.92 Å². The second-order valence-electron chi connectivity index (χ2n) is 10.9. The fourth-order valence-electron chi connectivity index (χ4n) is 6.42. The zero-order chi connectivity index (χ0) is 31.7. The first-order chi connectivity index (χ1) is 21.8. The molecule has 0 spiro atoms. The maximum absolute atomic E-state index is 14.9. The van der Waals surface area contributed by atoms with Crippen molar-refractivity contribution in [2.24, 2.45) is 5.92 Å². The number of carbonyl (C=O) groups is 2. The summed E-state index contributed by atoms with van der Waals surface area (Å²) in [4.78, 5) is 29.0. The van der Waals surface area contributed by atoms with E-state index in [-0.39, 0.29) is 17.2 Å². The van der Waals surface area contributed by atoms with Crippen LogP contribution in [0.2, 0.25) is 10.0 Å². The predicted molar refractivity (Wildman–Crippen MR) is 175 cm³/mol. The molecule has 1 aliphatic heterocycles. The number of benzene rings is 4. The number of allylic oxidation sites excluding steroid dienone is 3. The summed E-state index contributed by atoms with van der Waals surface area (Å²) in [6, 6.07) is 26.6. The van der Waals surface area contributed by atoms with Gasteiger partial charge in [-0.05, 0) is 59.5 Å². The van der Waals surface area contributed by atoms with Crippen molar-refractivity contribution in [3.63, 3.8) is 0 Å². The molecule has 0 unspecified atom stereocenters. The molecule has 1 aliphatic carbocycles. The predicted octanol–water partition coefficient (Wildman–Crippen LogP) is 7.84. The zero-order valence-electron chi connectivity index (χ0n) is 24.4. The van der Waals surface area contributed by atoms with Crippen LogP contribution >= 0.6 is 23.2 Å². The minimum Gasteiger partial charge on any atom is -0.508 e. The number of nitrogens with zero attached hydrogens (tertiary/aromatic N) is 1. The number of hydrogen-bond donors (Lipinski definition) is 2. The highest BCUT2D eigenvalue weighted by Gasteiger charge is 2.66. The van der Waals surface area contributed by atoms with E-state index in [1.54, 1.807) is 61.7 Å². The van der Waals surface area contributed by atoms with Crippen LogP contribution in [0.4, 0.5) is 5.69 Å². The molecule has 228 valence electrons. The van der Waals surface area contributed by atoms with Crippen LogP contribution in [0.15, 0.2) is 115 Å². The van der Waals surface area contributed by atoms with E-state index in [1.165, 1.54) is 12.1 Å². The molecule has 0 radical (unpaired) electrons. The second kappa shape index (κ2) is 12.3. The smallest absolute Gasteiger partial charge is 0.260 e. The Morgan fingerprint density at radius 3 is 2.40 bits per heavy atom. The highest BCUT2D eigenvalue weighted by molar-refractivity contribution is 6.36. The summed E-state index contributed by atoms with van der Waals surface area (Å²) in [7, 11) is 1.56. The van der Waals surface area contributed by atoms with Crippen molar-refractivity contribution in [1.29, 1.82) is 0 Å². The Kier molecular flexibility index (Phi) is 8.32. The van der Waals surface area contributed by atoms with Gasteiger partial charge >= 0.3 is 0 Å². The first-order valence-electron chi connectivity index (χ1n) is 14.3. The number of methoxy groups -OCH3 is 1. The molecule has 1 heterocycles. The number of halogens is 2. The molecule has 0 aromatic heterocycles. The van der Waals surface area contributed by atoms with Crippen molar-refractivity contribution in [3.8, 4) is 17.2 Å². The van der Waals surface area contributed by atoms with Gasteiger partial charge in [0.15, 0.2) is 0 Å². The first-order valence-corrected chi connectivity index (χ1v) is 15.1. The van der Waals surface area contributed by atoms with Crippen LogP contribution in [-0.2, 0) is 21.6 Å². The maximum atomic E-state index is 14.9. The Labute approximate surface area is 271 Å². The number of imide groups is 1. The molecule has 2 N–H and O–H groups in total. The van der Waals surface area contributed by atoms with Gasteiger partial charge in [-0.25, -0.2) is 0 Å². The number of phenolic OH excluding ortho intramolecular Hbond substituents is 1. The van der Waals surface area contributed by atoms with E-state index in [2.05, 4.69) is 12.0 Å². The van der Waals surface area contributed by atoms with Gasteiger partial charge in [0.05, 0.1) is 29.2 Å². The molecular formula is C36H30Cl2N2O5. The lowest BCUT2D eigenvalue weighted by Crippen LogP contribution is -2.48. The Bertz CT molecular complexity index is 1810. The Morgan fingerprint density at radius 1 is 1.00 bits per heavy atom. The minimum absolute atomic E-state index is 0.0701. The van der Waals surface area contributed by atoms with Gasteiger partial charge in [-0.15, -0.1) is 0 Å².